The number of benzene rings is 4. The highest BCUT2D eigenvalue weighted by atomic mass is 32.2. The first-order chi connectivity index (χ1) is 38.5. The molecule has 0 aromatic heterocycles. The zero-order valence-electron chi connectivity index (χ0n) is 45.7. The van der Waals surface area contributed by atoms with E-state index in [-0.39, 0.29) is 99.5 Å². The Labute approximate surface area is 476 Å². The lowest BCUT2D eigenvalue weighted by atomic mass is 9.76. The Hall–Kier alpha value is -5.86. The Bertz CT molecular complexity index is 3730. The zero-order valence-corrected chi connectivity index (χ0v) is 48.9. The standard InChI is InChI=1S/C54H66N4O20S4/c1-53(2)46(56(21-8-6-7-12-48(59)55-20-22-58-49(60)17-18-50(58)61)42-15-13-38-40(51(42)53)32-36(79(62,63)64)34-44(38)81(68,69)70)10-9-11-47-54(3,19-24-76-28-29-78-31-30-77-27-26-75-5)52-41-33-37(80(65,66)67)35-45(82(71,72)73)39(41)14-16-43(52)57(47)23-25-74-4/h9-11,13-18,32-35H,6-8,12,19-31H2,1-5H3,(H4-,55,59,62,63,64,65,66,67,68,69,70,71,72,73)/p-3. The third kappa shape index (κ3) is 14.2. The van der Waals surface area contributed by atoms with E-state index in [2.05, 4.69) is 5.32 Å². The summed E-state index contributed by atoms with van der Waals surface area (Å²) >= 11 is 0. The van der Waals surface area contributed by atoms with Crippen LogP contribution in [0.2, 0.25) is 0 Å². The maximum atomic E-state index is 12.8. The van der Waals surface area contributed by atoms with E-state index in [1.807, 2.05) is 16.4 Å². The van der Waals surface area contributed by atoms with Crippen LogP contribution in [0.4, 0.5) is 11.4 Å². The minimum absolute atomic E-state index is 0.000276. The van der Waals surface area contributed by atoms with Crippen LogP contribution in [0.5, 0.6) is 0 Å². The van der Waals surface area contributed by atoms with Crippen LogP contribution in [0.25, 0.3) is 21.5 Å². The second-order valence-electron chi connectivity index (χ2n) is 20.2. The van der Waals surface area contributed by atoms with Gasteiger partial charge in [0, 0.05) is 105 Å². The average Bonchev–Trinajstić information content (AvgIpc) is 4.16. The number of nitrogens with zero attached hydrogens (tertiary/aromatic N) is 3. The maximum Gasteiger partial charge on any atom is 0.253 e. The number of hydrogen-bond acceptors (Lipinski definition) is 21. The first-order valence-corrected chi connectivity index (χ1v) is 31.6. The maximum absolute atomic E-state index is 12.8. The van der Waals surface area contributed by atoms with Crippen molar-refractivity contribution in [3.8, 4) is 0 Å². The van der Waals surface area contributed by atoms with E-state index in [0.717, 1.165) is 29.2 Å². The molecule has 4 aromatic rings. The van der Waals surface area contributed by atoms with Crippen molar-refractivity contribution in [2.75, 3.05) is 98.2 Å². The molecule has 0 bridgehead atoms. The van der Waals surface area contributed by atoms with Crippen molar-refractivity contribution in [1.82, 2.24) is 10.2 Å². The minimum Gasteiger partial charge on any atom is -0.744 e. The quantitative estimate of drug-likeness (QED) is 0.0338. The summed E-state index contributed by atoms with van der Waals surface area (Å²) < 4.78 is 182. The molecule has 0 spiro atoms. The molecule has 1 N–H and O–H groups in total. The molecule has 3 aliphatic heterocycles. The second kappa shape index (κ2) is 26.0. The van der Waals surface area contributed by atoms with Gasteiger partial charge in [-0.3, -0.25) is 19.3 Å². The molecule has 3 aliphatic rings. The summed E-state index contributed by atoms with van der Waals surface area (Å²) in [6.45, 7) is 7.81. The number of hydrogen-bond donors (Lipinski definition) is 1. The number of carbonyl (C=O) groups is 3. The van der Waals surface area contributed by atoms with Crippen LogP contribution in [0.3, 0.4) is 0 Å². The van der Waals surface area contributed by atoms with Gasteiger partial charge >= 0.3 is 0 Å². The molecule has 0 saturated carbocycles. The molecule has 1 unspecified atom stereocenters. The highest BCUT2D eigenvalue weighted by Gasteiger charge is 2.47. The lowest BCUT2D eigenvalue weighted by Gasteiger charge is -2.31. The summed E-state index contributed by atoms with van der Waals surface area (Å²) in [7, 11) is -18.3. The van der Waals surface area contributed by atoms with E-state index in [0.29, 0.717) is 85.1 Å². The fraction of sp³-hybridized carbons (Fsp3) is 0.444. The number of amides is 3. The van der Waals surface area contributed by atoms with Crippen LogP contribution >= 0.6 is 0 Å². The minimum atomic E-state index is -5.37. The van der Waals surface area contributed by atoms with E-state index in [9.17, 15) is 66.3 Å². The van der Waals surface area contributed by atoms with E-state index in [1.54, 1.807) is 51.3 Å². The molecule has 446 valence electrons. The molecular formula is C54H63N4O20S4-3. The fourth-order valence-corrected chi connectivity index (χ4v) is 13.4. The number of methoxy groups -OCH3 is 2. The number of nitrogens with one attached hydrogen (secondary N) is 1. The van der Waals surface area contributed by atoms with Gasteiger partial charge in [0.2, 0.25) is 11.6 Å². The van der Waals surface area contributed by atoms with Crippen LogP contribution in [-0.2, 0) is 89.4 Å². The number of carbonyl (C=O) groups excluding carboxylic acids is 3. The number of imide groups is 1. The summed E-state index contributed by atoms with van der Waals surface area (Å²) in [5.74, 6) is -1.25. The molecule has 82 heavy (non-hydrogen) atoms. The summed E-state index contributed by atoms with van der Waals surface area (Å²) in [6.07, 6.45) is 9.18. The third-order valence-electron chi connectivity index (χ3n) is 14.6. The predicted molar refractivity (Wildman–Crippen MR) is 293 cm³/mol. The van der Waals surface area contributed by atoms with Gasteiger partial charge in [-0.2, -0.15) is 4.58 Å². The first kappa shape index (κ1) is 63.7. The molecule has 0 radical (unpaired) electrons. The average molecular weight is 1220 g/mol. The number of anilines is 1. The Morgan fingerprint density at radius 3 is 1.71 bits per heavy atom. The van der Waals surface area contributed by atoms with Crippen molar-refractivity contribution < 1.29 is 94.5 Å². The molecule has 24 nitrogen and oxygen atoms in total. The van der Waals surface area contributed by atoms with Gasteiger partial charge in [0.15, 0.2) is 5.71 Å². The second-order valence-corrected chi connectivity index (χ2v) is 25.7. The van der Waals surface area contributed by atoms with Gasteiger partial charge in [0.25, 0.3) is 11.8 Å². The van der Waals surface area contributed by atoms with E-state index in [4.69, 9.17) is 23.7 Å². The molecule has 1 atom stereocenters. The molecule has 0 fully saturated rings. The van der Waals surface area contributed by atoms with Crippen molar-refractivity contribution in [1.29, 1.82) is 0 Å². The van der Waals surface area contributed by atoms with Gasteiger partial charge in [-0.25, -0.2) is 33.7 Å². The van der Waals surface area contributed by atoms with Gasteiger partial charge in [0.05, 0.1) is 71.2 Å². The van der Waals surface area contributed by atoms with Crippen LogP contribution in [0, 0.1) is 0 Å². The molecule has 7 rings (SSSR count). The number of unbranched alkanes of at least 4 members (excludes halogenated alkanes) is 2. The summed E-state index contributed by atoms with van der Waals surface area (Å²) in [6, 6.07) is 9.10. The van der Waals surface area contributed by atoms with Crippen LogP contribution < -0.4 is 10.2 Å². The first-order valence-electron chi connectivity index (χ1n) is 25.9. The number of fused-ring (bicyclic) bond motifs is 6. The molecule has 4 aromatic carbocycles. The van der Waals surface area contributed by atoms with Crippen LogP contribution in [0.15, 0.2) is 104 Å². The van der Waals surface area contributed by atoms with Crippen LogP contribution in [0.1, 0.15) is 64.0 Å². The van der Waals surface area contributed by atoms with Crippen molar-refractivity contribution >= 4 is 96.8 Å². The largest absolute Gasteiger partial charge is 0.744 e. The van der Waals surface area contributed by atoms with Crippen molar-refractivity contribution in [2.45, 2.75) is 83.3 Å². The summed E-state index contributed by atoms with van der Waals surface area (Å²) in [4.78, 5) is 35.8. The van der Waals surface area contributed by atoms with E-state index in [1.165, 1.54) is 19.2 Å². The highest BCUT2D eigenvalue weighted by molar-refractivity contribution is 7.87. The normalized spacial score (nSPS) is 17.9. The molecular weight excluding hydrogens is 1150 g/mol. The monoisotopic (exact) mass is 1220 g/mol. The summed E-state index contributed by atoms with van der Waals surface area (Å²) in [5.41, 5.74) is 0.452. The molecule has 28 heteroatoms. The number of allylic oxidation sites excluding steroid dienone is 4. The Kier molecular flexibility index (Phi) is 20.2. The van der Waals surface area contributed by atoms with Gasteiger partial charge in [-0.05, 0) is 104 Å². The fourth-order valence-electron chi connectivity index (χ4n) is 10.7. The lowest BCUT2D eigenvalue weighted by Crippen LogP contribution is -2.38. The van der Waals surface area contributed by atoms with Gasteiger partial charge in [-0.15, -0.1) is 0 Å². The Morgan fingerprint density at radius 2 is 1.16 bits per heavy atom. The molecule has 0 saturated heterocycles. The smallest absolute Gasteiger partial charge is 0.253 e. The van der Waals surface area contributed by atoms with Crippen LogP contribution in [-0.4, -0.2) is 178 Å². The van der Waals surface area contributed by atoms with Gasteiger partial charge < -0.3 is 52.1 Å². The van der Waals surface area contributed by atoms with Gasteiger partial charge in [0.1, 0.15) is 47.0 Å². The topological polar surface area (TPSA) is 348 Å². The Balaban J connectivity index is 1.30. The van der Waals surface area contributed by atoms with E-state index < -0.39 is 82.7 Å². The van der Waals surface area contributed by atoms with E-state index >= 15 is 0 Å². The van der Waals surface area contributed by atoms with Crippen molar-refractivity contribution in [3.63, 3.8) is 0 Å². The zero-order chi connectivity index (χ0) is 60.0. The van der Waals surface area contributed by atoms with Crippen molar-refractivity contribution in [2.24, 2.45) is 0 Å². The van der Waals surface area contributed by atoms with Crippen molar-refractivity contribution in [3.05, 3.63) is 95.7 Å². The SMILES string of the molecule is COCCOCCOCCOCCC1(C)/C(=C\C=C\C2=[N+](CCCCCC(=O)NCCN3C(=O)C=CC3=O)c3ccc4c(S(=O)(=O)[O-])cc(S(=O)(=O)[O-])cc4c3C2(C)C)N(CCOC)c2ccc3c(S(=O)(=O)[O-])cc(S(=O)(=O)[O-])cc3c21. The molecule has 3 amide bonds. The summed E-state index contributed by atoms with van der Waals surface area (Å²) in [5, 5.41) is 2.48. The third-order valence-corrected chi connectivity index (χ3v) is 17.9. The lowest BCUT2D eigenvalue weighted by molar-refractivity contribution is -0.438. The van der Waals surface area contributed by atoms with Gasteiger partial charge in [-0.1, -0.05) is 12.1 Å². The molecule has 0 aliphatic carbocycles. The Morgan fingerprint density at radius 1 is 0.622 bits per heavy atom. The number of ether oxygens (including phenoxy) is 5. The highest BCUT2D eigenvalue weighted by Crippen LogP contribution is 2.54. The number of rotatable bonds is 30. The molecule has 3 heterocycles. The predicted octanol–water partition coefficient (Wildman–Crippen LogP) is 3.54.